The Kier molecular flexibility index (Phi) is 17.3. The summed E-state index contributed by atoms with van der Waals surface area (Å²) in [6, 6.07) is 0. The first-order chi connectivity index (χ1) is 11.6. The first-order valence-corrected chi connectivity index (χ1v) is 6.26. The molecule has 0 amide bonds. The SMILES string of the molecule is O=C([O-])CC(O)(CC(=O)O)C(=O)O.O=C([O-])CC(O)(CC(=O)[O-])C(=O)[O-].[Mg+2].[Mg+2]. The molecule has 0 rings (SSSR count). The molecule has 0 aromatic rings. The smallest absolute Gasteiger partial charge is 0.550 e. The maximum absolute atomic E-state index is 10.3. The minimum atomic E-state index is -2.97. The Bertz CT molecular complexity index is 517. The summed E-state index contributed by atoms with van der Waals surface area (Å²) in [5.74, 6) is -11.3. The molecule has 1 atom stereocenters. The Morgan fingerprint density at radius 3 is 1.07 bits per heavy atom. The third-order valence-corrected chi connectivity index (χ3v) is 2.53. The number of carbonyl (C=O) groups is 6. The van der Waals surface area contributed by atoms with Gasteiger partial charge in [0.1, 0.15) is 5.60 Å². The number of rotatable bonds is 10. The molecule has 0 radical (unpaired) electrons. The fourth-order valence-electron chi connectivity index (χ4n) is 1.39. The van der Waals surface area contributed by atoms with Crippen molar-refractivity contribution in [2.75, 3.05) is 0 Å². The van der Waals surface area contributed by atoms with Crippen LogP contribution in [0.15, 0.2) is 0 Å². The van der Waals surface area contributed by atoms with Crippen LogP contribution in [0.25, 0.3) is 0 Å². The number of carboxylic acids is 6. The van der Waals surface area contributed by atoms with Gasteiger partial charge < -0.3 is 60.0 Å². The summed E-state index contributed by atoms with van der Waals surface area (Å²) in [4.78, 5) is 60.3. The second-order valence-electron chi connectivity index (χ2n) is 4.87. The van der Waals surface area contributed by atoms with Gasteiger partial charge in [0.25, 0.3) is 0 Å². The van der Waals surface area contributed by atoms with Crippen molar-refractivity contribution in [3.63, 3.8) is 0 Å². The van der Waals surface area contributed by atoms with Crippen molar-refractivity contribution >= 4 is 81.9 Å². The summed E-state index contributed by atoms with van der Waals surface area (Å²) in [5.41, 5.74) is -5.78. The van der Waals surface area contributed by atoms with Crippen LogP contribution in [0.5, 0.6) is 0 Å². The zero-order valence-electron chi connectivity index (χ0n) is 14.1. The van der Waals surface area contributed by atoms with Crippen LogP contribution < -0.4 is 20.4 Å². The summed E-state index contributed by atoms with van der Waals surface area (Å²) in [6.45, 7) is 0. The van der Waals surface area contributed by atoms with Gasteiger partial charge in [-0.25, -0.2) is 4.79 Å². The Morgan fingerprint density at radius 2 is 0.893 bits per heavy atom. The molecule has 0 spiro atoms. The van der Waals surface area contributed by atoms with E-state index in [9.17, 15) is 49.2 Å². The van der Waals surface area contributed by atoms with Crippen molar-refractivity contribution in [3.05, 3.63) is 0 Å². The monoisotopic (exact) mass is 428 g/mol. The molecule has 16 heteroatoms. The molecule has 0 aromatic carbocycles. The quantitative estimate of drug-likeness (QED) is 0.235. The topological polar surface area (TPSA) is 276 Å². The zero-order valence-corrected chi connectivity index (χ0v) is 16.9. The van der Waals surface area contributed by atoms with Crippen LogP contribution in [-0.2, 0) is 28.8 Å². The van der Waals surface area contributed by atoms with Gasteiger partial charge in [0.2, 0.25) is 0 Å². The Labute approximate surface area is 188 Å². The molecule has 0 aliphatic heterocycles. The fraction of sp³-hybridized carbons (Fsp3) is 0.500. The first-order valence-electron chi connectivity index (χ1n) is 6.26. The molecule has 0 aromatic heterocycles. The molecule has 0 fully saturated rings. The van der Waals surface area contributed by atoms with Crippen molar-refractivity contribution < 1.29 is 69.6 Å². The molecule has 148 valence electrons. The van der Waals surface area contributed by atoms with Gasteiger partial charge >= 0.3 is 58.0 Å². The van der Waals surface area contributed by atoms with Gasteiger partial charge in [-0.05, 0) is 0 Å². The molecular formula is C12H12Mg2O14. The average Bonchev–Trinajstić information content (AvgIpc) is 2.34. The molecule has 28 heavy (non-hydrogen) atoms. The van der Waals surface area contributed by atoms with Crippen molar-refractivity contribution in [1.29, 1.82) is 0 Å². The molecular weight excluding hydrogens is 417 g/mol. The van der Waals surface area contributed by atoms with Crippen molar-refractivity contribution in [2.24, 2.45) is 0 Å². The van der Waals surface area contributed by atoms with E-state index in [0.29, 0.717) is 0 Å². The van der Waals surface area contributed by atoms with Gasteiger partial charge in [-0.15, -0.1) is 0 Å². The standard InChI is InChI=1S/2C6H8O7.2Mg/c2*7-3(8)1-6(13,5(11)12)2-4(9)10;;/h2*13H,1-2H2,(H,7,8)(H,9,10)(H,11,12);;/q;;2*+2/p-4. The van der Waals surface area contributed by atoms with Crippen LogP contribution in [0.1, 0.15) is 25.7 Å². The molecule has 0 aliphatic carbocycles. The maximum atomic E-state index is 10.3. The summed E-state index contributed by atoms with van der Waals surface area (Å²) >= 11 is 0. The first kappa shape index (κ1) is 33.8. The predicted octanol–water partition coefficient (Wildman–Crippen LogP) is -8.60. The van der Waals surface area contributed by atoms with Crippen LogP contribution in [0.3, 0.4) is 0 Å². The van der Waals surface area contributed by atoms with Gasteiger partial charge in [0.05, 0.1) is 12.4 Å². The number of carbonyl (C=O) groups excluding carboxylic acids is 4. The van der Waals surface area contributed by atoms with Crippen molar-refractivity contribution in [2.45, 2.75) is 36.9 Å². The van der Waals surface area contributed by atoms with E-state index in [1.165, 1.54) is 0 Å². The minimum Gasteiger partial charge on any atom is -0.550 e. The fourth-order valence-corrected chi connectivity index (χ4v) is 1.39. The Balaban J connectivity index is -0.000000192. The molecule has 0 heterocycles. The van der Waals surface area contributed by atoms with Gasteiger partial charge in [-0.1, -0.05) is 0 Å². The van der Waals surface area contributed by atoms with E-state index in [1.807, 2.05) is 0 Å². The molecule has 0 saturated heterocycles. The second kappa shape index (κ2) is 14.3. The van der Waals surface area contributed by atoms with Crippen LogP contribution in [0.4, 0.5) is 0 Å². The summed E-state index contributed by atoms with van der Waals surface area (Å²) in [6.07, 6.45) is -5.16. The van der Waals surface area contributed by atoms with E-state index < -0.39 is 72.7 Å². The van der Waals surface area contributed by atoms with E-state index in [2.05, 4.69) is 0 Å². The van der Waals surface area contributed by atoms with Crippen molar-refractivity contribution in [3.8, 4) is 0 Å². The minimum absolute atomic E-state index is 0. The van der Waals surface area contributed by atoms with Crippen LogP contribution in [0, 0.1) is 0 Å². The molecule has 0 aliphatic rings. The van der Waals surface area contributed by atoms with Gasteiger partial charge in [0.15, 0.2) is 5.60 Å². The van der Waals surface area contributed by atoms with Crippen LogP contribution >= 0.6 is 0 Å². The summed E-state index contributed by atoms with van der Waals surface area (Å²) < 4.78 is 0. The number of carboxylic acid groups (broad SMARTS) is 6. The van der Waals surface area contributed by atoms with Crippen LogP contribution in [0.2, 0.25) is 0 Å². The maximum Gasteiger partial charge on any atom is 2.00 e. The number of hydrogen-bond donors (Lipinski definition) is 4. The van der Waals surface area contributed by atoms with E-state index in [1.54, 1.807) is 0 Å². The Hall–Kier alpha value is -1.73. The molecule has 4 N–H and O–H groups in total. The Morgan fingerprint density at radius 1 is 0.607 bits per heavy atom. The number of aliphatic hydroxyl groups is 2. The van der Waals surface area contributed by atoms with Crippen molar-refractivity contribution in [1.82, 2.24) is 0 Å². The third-order valence-electron chi connectivity index (χ3n) is 2.53. The van der Waals surface area contributed by atoms with Crippen LogP contribution in [-0.4, -0.2) is 114 Å². The molecule has 0 bridgehead atoms. The molecule has 14 nitrogen and oxygen atoms in total. The van der Waals surface area contributed by atoms with E-state index in [0.717, 1.165) is 0 Å². The normalized spacial score (nSPS) is 11.8. The molecule has 1 unspecified atom stereocenters. The summed E-state index contributed by atoms with van der Waals surface area (Å²) in [5, 5.41) is 74.4. The van der Waals surface area contributed by atoms with E-state index in [-0.39, 0.29) is 46.1 Å². The largest absolute Gasteiger partial charge is 2.00 e. The summed E-state index contributed by atoms with van der Waals surface area (Å²) in [7, 11) is 0. The van der Waals surface area contributed by atoms with E-state index in [4.69, 9.17) is 20.4 Å². The average molecular weight is 429 g/mol. The second-order valence-corrected chi connectivity index (χ2v) is 4.87. The number of hydrogen-bond acceptors (Lipinski definition) is 12. The van der Waals surface area contributed by atoms with E-state index >= 15 is 0 Å². The zero-order chi connectivity index (χ0) is 21.3. The van der Waals surface area contributed by atoms with Gasteiger partial charge in [-0.2, -0.15) is 0 Å². The van der Waals surface area contributed by atoms with Gasteiger partial charge in [0, 0.05) is 37.2 Å². The molecule has 0 saturated carbocycles. The van der Waals surface area contributed by atoms with Gasteiger partial charge in [-0.3, -0.25) is 4.79 Å². The third kappa shape index (κ3) is 14.3. The predicted molar refractivity (Wildman–Crippen MR) is 75.2 cm³/mol. The number of aliphatic carboxylic acids is 6.